The van der Waals surface area contributed by atoms with Gasteiger partial charge in [0, 0.05) is 18.2 Å². The SMILES string of the molecule is Cc1ccc(F)c(C(N)C2CCOC3(CCC3)C2)c1F. The summed E-state index contributed by atoms with van der Waals surface area (Å²) in [4.78, 5) is 0. The van der Waals surface area contributed by atoms with Crippen molar-refractivity contribution in [1.82, 2.24) is 0 Å². The Balaban J connectivity index is 1.85. The summed E-state index contributed by atoms with van der Waals surface area (Å²) in [5, 5.41) is 0. The predicted molar refractivity (Wildman–Crippen MR) is 73.3 cm³/mol. The van der Waals surface area contributed by atoms with Crippen molar-refractivity contribution in [2.24, 2.45) is 11.7 Å². The van der Waals surface area contributed by atoms with Crippen molar-refractivity contribution in [3.63, 3.8) is 0 Å². The van der Waals surface area contributed by atoms with Gasteiger partial charge >= 0.3 is 0 Å². The van der Waals surface area contributed by atoms with Crippen LogP contribution >= 0.6 is 0 Å². The molecular weight excluding hydrogens is 260 g/mol. The lowest BCUT2D eigenvalue weighted by Crippen LogP contribution is -2.47. The summed E-state index contributed by atoms with van der Waals surface area (Å²) in [5.41, 5.74) is 6.64. The Labute approximate surface area is 118 Å². The Kier molecular flexibility index (Phi) is 3.55. The zero-order valence-corrected chi connectivity index (χ0v) is 11.8. The van der Waals surface area contributed by atoms with Crippen molar-refractivity contribution >= 4 is 0 Å². The highest BCUT2D eigenvalue weighted by Gasteiger charge is 2.44. The molecule has 1 aromatic carbocycles. The van der Waals surface area contributed by atoms with Gasteiger partial charge < -0.3 is 10.5 Å². The molecule has 2 unspecified atom stereocenters. The van der Waals surface area contributed by atoms with Crippen LogP contribution in [0.4, 0.5) is 8.78 Å². The van der Waals surface area contributed by atoms with Gasteiger partial charge in [-0.3, -0.25) is 0 Å². The maximum absolute atomic E-state index is 14.2. The number of hydrogen-bond donors (Lipinski definition) is 1. The summed E-state index contributed by atoms with van der Waals surface area (Å²) < 4.78 is 34.0. The number of hydrogen-bond acceptors (Lipinski definition) is 2. The lowest BCUT2D eigenvalue weighted by atomic mass is 9.69. The monoisotopic (exact) mass is 281 g/mol. The highest BCUT2D eigenvalue weighted by molar-refractivity contribution is 5.29. The molecule has 2 aliphatic rings. The van der Waals surface area contributed by atoms with Gasteiger partial charge in [0.15, 0.2) is 0 Å². The zero-order valence-electron chi connectivity index (χ0n) is 11.8. The molecule has 0 radical (unpaired) electrons. The third-order valence-electron chi connectivity index (χ3n) is 4.96. The fourth-order valence-electron chi connectivity index (χ4n) is 3.51. The van der Waals surface area contributed by atoms with Crippen LogP contribution in [0.1, 0.15) is 49.3 Å². The van der Waals surface area contributed by atoms with Crippen molar-refractivity contribution in [1.29, 1.82) is 0 Å². The fraction of sp³-hybridized carbons (Fsp3) is 0.625. The van der Waals surface area contributed by atoms with E-state index in [1.165, 1.54) is 18.6 Å². The topological polar surface area (TPSA) is 35.2 Å². The summed E-state index contributed by atoms with van der Waals surface area (Å²) >= 11 is 0. The van der Waals surface area contributed by atoms with E-state index < -0.39 is 17.7 Å². The summed E-state index contributed by atoms with van der Waals surface area (Å²) in [6, 6.07) is 2.18. The number of halogens is 2. The van der Waals surface area contributed by atoms with E-state index in [4.69, 9.17) is 10.5 Å². The molecule has 1 spiro atoms. The molecule has 2 fully saturated rings. The smallest absolute Gasteiger partial charge is 0.133 e. The first-order valence-corrected chi connectivity index (χ1v) is 7.36. The first-order chi connectivity index (χ1) is 9.52. The zero-order chi connectivity index (χ0) is 14.3. The fourth-order valence-corrected chi connectivity index (χ4v) is 3.51. The Morgan fingerprint density at radius 2 is 2.10 bits per heavy atom. The third kappa shape index (κ3) is 2.25. The minimum Gasteiger partial charge on any atom is -0.375 e. The Morgan fingerprint density at radius 3 is 2.75 bits per heavy atom. The molecule has 0 amide bonds. The quantitative estimate of drug-likeness (QED) is 0.898. The molecule has 3 rings (SSSR count). The Bertz CT molecular complexity index is 513. The van der Waals surface area contributed by atoms with Crippen LogP contribution in [0.5, 0.6) is 0 Å². The molecule has 1 heterocycles. The molecule has 1 aliphatic carbocycles. The van der Waals surface area contributed by atoms with Crippen LogP contribution in [0.25, 0.3) is 0 Å². The van der Waals surface area contributed by atoms with Crippen molar-refractivity contribution in [2.75, 3.05) is 6.61 Å². The minimum atomic E-state index is -0.587. The number of rotatable bonds is 2. The van der Waals surface area contributed by atoms with Gasteiger partial charge in [0.1, 0.15) is 11.6 Å². The van der Waals surface area contributed by atoms with E-state index in [9.17, 15) is 8.78 Å². The summed E-state index contributed by atoms with van der Waals surface area (Å²) in [6.45, 7) is 2.29. The number of ether oxygens (including phenoxy) is 1. The number of nitrogens with two attached hydrogens (primary N) is 1. The van der Waals surface area contributed by atoms with Gasteiger partial charge in [0.05, 0.1) is 5.60 Å². The molecule has 4 heteroatoms. The average Bonchev–Trinajstić information content (AvgIpc) is 2.42. The largest absolute Gasteiger partial charge is 0.375 e. The molecule has 2 atom stereocenters. The highest BCUT2D eigenvalue weighted by atomic mass is 19.1. The molecule has 110 valence electrons. The molecule has 2 N–H and O–H groups in total. The maximum atomic E-state index is 14.2. The lowest BCUT2D eigenvalue weighted by molar-refractivity contribution is -0.146. The van der Waals surface area contributed by atoms with Gasteiger partial charge in [-0.1, -0.05) is 6.07 Å². The summed E-state index contributed by atoms with van der Waals surface area (Å²) in [5.74, 6) is -0.934. The Morgan fingerprint density at radius 1 is 1.35 bits per heavy atom. The van der Waals surface area contributed by atoms with E-state index >= 15 is 0 Å². The standard InChI is InChI=1S/C16H21F2NO/c1-10-3-4-12(17)13(14(10)18)15(19)11-5-8-20-16(9-11)6-2-7-16/h3-4,11,15H,2,5-9,19H2,1H3. The molecule has 1 aromatic rings. The first-order valence-electron chi connectivity index (χ1n) is 7.36. The van der Waals surface area contributed by atoms with Gasteiger partial charge in [0.2, 0.25) is 0 Å². The van der Waals surface area contributed by atoms with Crippen LogP contribution in [0.15, 0.2) is 12.1 Å². The van der Waals surface area contributed by atoms with Crippen LogP contribution in [0.2, 0.25) is 0 Å². The first kappa shape index (κ1) is 14.0. The van der Waals surface area contributed by atoms with Gasteiger partial charge in [-0.2, -0.15) is 0 Å². The van der Waals surface area contributed by atoms with Crippen molar-refractivity contribution in [3.8, 4) is 0 Å². The number of benzene rings is 1. The molecule has 1 aliphatic heterocycles. The molecule has 20 heavy (non-hydrogen) atoms. The molecule has 1 saturated heterocycles. The van der Waals surface area contributed by atoms with Crippen molar-refractivity contribution in [3.05, 3.63) is 34.9 Å². The van der Waals surface area contributed by atoms with E-state index in [-0.39, 0.29) is 17.1 Å². The van der Waals surface area contributed by atoms with E-state index in [0.717, 1.165) is 25.7 Å². The molecule has 2 nitrogen and oxygen atoms in total. The maximum Gasteiger partial charge on any atom is 0.133 e. The van der Waals surface area contributed by atoms with Crippen LogP contribution in [-0.2, 0) is 4.74 Å². The van der Waals surface area contributed by atoms with Crippen LogP contribution in [0, 0.1) is 24.5 Å². The second-order valence-electron chi connectivity index (χ2n) is 6.26. The van der Waals surface area contributed by atoms with Gasteiger partial charge in [-0.05, 0) is 56.6 Å². The molecular formula is C16H21F2NO. The normalized spacial score (nSPS) is 26.3. The van der Waals surface area contributed by atoms with Gasteiger partial charge in [-0.15, -0.1) is 0 Å². The van der Waals surface area contributed by atoms with Crippen molar-refractivity contribution in [2.45, 2.75) is 50.7 Å². The summed E-state index contributed by atoms with van der Waals surface area (Å²) in [7, 11) is 0. The van der Waals surface area contributed by atoms with Crippen LogP contribution < -0.4 is 5.73 Å². The summed E-state index contributed by atoms with van der Waals surface area (Å²) in [6.07, 6.45) is 4.87. The molecule has 1 saturated carbocycles. The Hall–Kier alpha value is -1.00. The molecule has 0 aromatic heterocycles. The van der Waals surface area contributed by atoms with E-state index in [1.807, 2.05) is 0 Å². The number of aryl methyl sites for hydroxylation is 1. The minimum absolute atomic E-state index is 0.0476. The van der Waals surface area contributed by atoms with E-state index in [0.29, 0.717) is 12.2 Å². The van der Waals surface area contributed by atoms with Crippen LogP contribution in [-0.4, -0.2) is 12.2 Å². The molecule has 0 bridgehead atoms. The predicted octanol–water partition coefficient (Wildman–Crippen LogP) is 3.62. The van der Waals surface area contributed by atoms with Crippen LogP contribution in [0.3, 0.4) is 0 Å². The second kappa shape index (κ2) is 5.08. The third-order valence-corrected chi connectivity index (χ3v) is 4.96. The van der Waals surface area contributed by atoms with E-state index in [1.54, 1.807) is 6.92 Å². The lowest BCUT2D eigenvalue weighted by Gasteiger charge is -2.48. The van der Waals surface area contributed by atoms with Gasteiger partial charge in [0.25, 0.3) is 0 Å². The average molecular weight is 281 g/mol. The van der Waals surface area contributed by atoms with Gasteiger partial charge in [-0.25, -0.2) is 8.78 Å². The van der Waals surface area contributed by atoms with E-state index in [2.05, 4.69) is 0 Å². The van der Waals surface area contributed by atoms with Crippen molar-refractivity contribution < 1.29 is 13.5 Å². The second-order valence-corrected chi connectivity index (χ2v) is 6.26. The highest BCUT2D eigenvalue weighted by Crippen LogP contribution is 2.47.